The molecule has 0 fully saturated rings. The Balaban J connectivity index is 1.75. The molecule has 1 heterocycles. The van der Waals surface area contributed by atoms with Gasteiger partial charge in [0.15, 0.2) is 0 Å². The van der Waals surface area contributed by atoms with Crippen LogP contribution in [0.1, 0.15) is 10.4 Å². The molecule has 3 aromatic rings. The Kier molecular flexibility index (Phi) is 4.32. The maximum absolute atomic E-state index is 12.1. The molecule has 3 rings (SSSR count). The van der Waals surface area contributed by atoms with Crippen molar-refractivity contribution in [2.45, 2.75) is 0 Å². The number of hydrogen-bond acceptors (Lipinski definition) is 4. The SMILES string of the molecule is O=C(Nc1nc(-c2ccc([N+](=O)[O-])cc2)c[se]1)c1ccccc1. The molecular formula is C16H11N3O3Se. The first-order valence-corrected chi connectivity index (χ1v) is 8.55. The van der Waals surface area contributed by atoms with Crippen molar-refractivity contribution >= 4 is 30.8 Å². The molecule has 0 radical (unpaired) electrons. The fourth-order valence-corrected chi connectivity index (χ4v) is 3.48. The van der Waals surface area contributed by atoms with Crippen molar-refractivity contribution in [2.75, 3.05) is 5.32 Å². The average Bonchev–Trinajstić information content (AvgIpc) is 3.04. The molecule has 0 atom stereocenters. The molecule has 0 saturated heterocycles. The molecule has 0 bridgehead atoms. The van der Waals surface area contributed by atoms with E-state index in [0.29, 0.717) is 10.3 Å². The third-order valence-electron chi connectivity index (χ3n) is 3.13. The molecule has 0 spiro atoms. The van der Waals surface area contributed by atoms with Gasteiger partial charge in [-0.3, -0.25) is 0 Å². The predicted octanol–water partition coefficient (Wildman–Crippen LogP) is 2.97. The van der Waals surface area contributed by atoms with Crippen molar-refractivity contribution in [1.29, 1.82) is 0 Å². The number of hydrogen-bond donors (Lipinski definition) is 1. The van der Waals surface area contributed by atoms with Gasteiger partial charge in [0.1, 0.15) is 0 Å². The van der Waals surface area contributed by atoms with Crippen LogP contribution < -0.4 is 5.32 Å². The number of benzene rings is 2. The van der Waals surface area contributed by atoms with E-state index in [4.69, 9.17) is 0 Å². The molecule has 0 aliphatic rings. The number of nitro groups is 1. The summed E-state index contributed by atoms with van der Waals surface area (Å²) in [6.07, 6.45) is 0. The van der Waals surface area contributed by atoms with Crippen LogP contribution in [0.25, 0.3) is 11.3 Å². The molecule has 7 heteroatoms. The minimum atomic E-state index is -0.439. The zero-order valence-electron chi connectivity index (χ0n) is 11.8. The molecule has 1 aromatic heterocycles. The van der Waals surface area contributed by atoms with Gasteiger partial charge in [-0.25, -0.2) is 0 Å². The molecule has 2 aromatic carbocycles. The predicted molar refractivity (Wildman–Crippen MR) is 87.7 cm³/mol. The fraction of sp³-hybridized carbons (Fsp3) is 0. The van der Waals surface area contributed by atoms with Crippen molar-refractivity contribution in [3.8, 4) is 11.3 Å². The first-order valence-electron chi connectivity index (χ1n) is 6.70. The Labute approximate surface area is 137 Å². The van der Waals surface area contributed by atoms with Crippen molar-refractivity contribution < 1.29 is 9.72 Å². The molecular weight excluding hydrogens is 361 g/mol. The number of amides is 1. The third-order valence-corrected chi connectivity index (χ3v) is 4.72. The third kappa shape index (κ3) is 3.53. The quantitative estimate of drug-likeness (QED) is 0.434. The summed E-state index contributed by atoms with van der Waals surface area (Å²) in [5.74, 6) is -0.190. The van der Waals surface area contributed by atoms with Gasteiger partial charge in [-0.1, -0.05) is 0 Å². The normalized spacial score (nSPS) is 10.3. The van der Waals surface area contributed by atoms with Gasteiger partial charge in [0, 0.05) is 0 Å². The zero-order valence-corrected chi connectivity index (χ0v) is 13.5. The second kappa shape index (κ2) is 6.56. The van der Waals surface area contributed by atoms with E-state index in [9.17, 15) is 14.9 Å². The van der Waals surface area contributed by atoms with E-state index in [1.54, 1.807) is 36.4 Å². The van der Waals surface area contributed by atoms with E-state index >= 15 is 0 Å². The number of nitro benzene ring substituents is 1. The summed E-state index contributed by atoms with van der Waals surface area (Å²) in [5, 5.41) is 13.5. The molecule has 0 saturated carbocycles. The molecule has 1 N–H and O–H groups in total. The van der Waals surface area contributed by atoms with Crippen LogP contribution in [0.5, 0.6) is 0 Å². The van der Waals surface area contributed by atoms with Crippen molar-refractivity contribution in [3.05, 3.63) is 75.2 Å². The van der Waals surface area contributed by atoms with Crippen LogP contribution in [-0.4, -0.2) is 30.3 Å². The van der Waals surface area contributed by atoms with E-state index in [1.807, 2.05) is 11.0 Å². The number of carbonyl (C=O) groups excluding carboxylic acids is 1. The van der Waals surface area contributed by atoms with E-state index in [-0.39, 0.29) is 26.1 Å². The van der Waals surface area contributed by atoms with E-state index < -0.39 is 4.92 Å². The number of non-ortho nitro benzene ring substituents is 1. The number of carbonyl (C=O) groups is 1. The van der Waals surface area contributed by atoms with Gasteiger partial charge in [0.25, 0.3) is 0 Å². The summed E-state index contributed by atoms with van der Waals surface area (Å²) in [6, 6.07) is 15.1. The summed E-state index contributed by atoms with van der Waals surface area (Å²) in [7, 11) is 0. The van der Waals surface area contributed by atoms with Crippen molar-refractivity contribution in [2.24, 2.45) is 0 Å². The molecule has 0 aliphatic heterocycles. The summed E-state index contributed by atoms with van der Waals surface area (Å²) in [5.41, 5.74) is 2.14. The zero-order chi connectivity index (χ0) is 16.2. The second-order valence-electron chi connectivity index (χ2n) is 4.66. The van der Waals surface area contributed by atoms with Crippen molar-refractivity contribution in [3.63, 3.8) is 0 Å². The van der Waals surface area contributed by atoms with E-state index in [2.05, 4.69) is 10.3 Å². The number of nitrogens with zero attached hydrogens (tertiary/aromatic N) is 2. The van der Waals surface area contributed by atoms with Gasteiger partial charge >= 0.3 is 137 Å². The number of aromatic nitrogens is 1. The molecule has 1 amide bonds. The maximum atomic E-state index is 12.1. The van der Waals surface area contributed by atoms with Gasteiger partial charge in [-0.15, -0.1) is 0 Å². The van der Waals surface area contributed by atoms with E-state index in [1.165, 1.54) is 12.1 Å². The Morgan fingerprint density at radius 3 is 2.43 bits per heavy atom. The first kappa shape index (κ1) is 15.1. The van der Waals surface area contributed by atoms with Gasteiger partial charge in [-0.05, 0) is 0 Å². The second-order valence-corrected chi connectivity index (χ2v) is 6.46. The Morgan fingerprint density at radius 2 is 1.78 bits per heavy atom. The Hall–Kier alpha value is -2.76. The van der Waals surface area contributed by atoms with Crippen molar-refractivity contribution in [1.82, 2.24) is 4.98 Å². The minimum absolute atomic E-state index is 0.0411. The molecule has 6 nitrogen and oxygen atoms in total. The molecule has 114 valence electrons. The fourth-order valence-electron chi connectivity index (χ4n) is 1.98. The van der Waals surface area contributed by atoms with Crippen LogP contribution in [0.15, 0.2) is 59.5 Å². The standard InChI is InChI=1S/C16H11N3O3Se/c20-15(12-4-2-1-3-5-12)18-16-17-14(10-23-16)11-6-8-13(9-7-11)19(21)22/h1-10H,(H,17,18,20). The number of anilines is 1. The van der Waals surface area contributed by atoms with Gasteiger partial charge in [0.05, 0.1) is 0 Å². The van der Waals surface area contributed by atoms with Crippen LogP contribution in [-0.2, 0) is 0 Å². The summed E-state index contributed by atoms with van der Waals surface area (Å²) in [6.45, 7) is 0. The Morgan fingerprint density at radius 1 is 1.09 bits per heavy atom. The monoisotopic (exact) mass is 373 g/mol. The van der Waals surface area contributed by atoms with Crippen LogP contribution >= 0.6 is 0 Å². The Bertz CT molecular complexity index is 845. The van der Waals surface area contributed by atoms with Crippen LogP contribution in [0.3, 0.4) is 0 Å². The topological polar surface area (TPSA) is 85.1 Å². The molecule has 0 unspecified atom stereocenters. The summed E-state index contributed by atoms with van der Waals surface area (Å²) >= 11 is -0.0679. The van der Waals surface area contributed by atoms with Crippen LogP contribution in [0, 0.1) is 10.1 Å². The number of rotatable bonds is 4. The van der Waals surface area contributed by atoms with Gasteiger partial charge in [-0.2, -0.15) is 0 Å². The number of nitrogens with one attached hydrogen (secondary N) is 1. The van der Waals surface area contributed by atoms with Crippen LogP contribution in [0.4, 0.5) is 10.4 Å². The first-order chi connectivity index (χ1) is 11.1. The molecule has 23 heavy (non-hydrogen) atoms. The van der Waals surface area contributed by atoms with Gasteiger partial charge < -0.3 is 0 Å². The van der Waals surface area contributed by atoms with E-state index in [0.717, 1.165) is 11.3 Å². The van der Waals surface area contributed by atoms with Gasteiger partial charge in [0.2, 0.25) is 0 Å². The average molecular weight is 372 g/mol. The van der Waals surface area contributed by atoms with Crippen LogP contribution in [0.2, 0.25) is 0 Å². The molecule has 0 aliphatic carbocycles. The summed E-state index contributed by atoms with van der Waals surface area (Å²) < 4.78 is 0.625. The summed E-state index contributed by atoms with van der Waals surface area (Å²) in [4.78, 5) is 28.6.